The van der Waals surface area contributed by atoms with Gasteiger partial charge in [-0.05, 0) is 36.7 Å². The smallest absolute Gasteiger partial charge is 0.328 e. The predicted molar refractivity (Wildman–Crippen MR) is 82.4 cm³/mol. The molecule has 0 spiro atoms. The third kappa shape index (κ3) is 7.48. The van der Waals surface area contributed by atoms with Crippen LogP contribution < -0.4 is 4.74 Å². The quantitative estimate of drug-likeness (QED) is 0.644. The fourth-order valence-corrected chi connectivity index (χ4v) is 1.86. The third-order valence-electron chi connectivity index (χ3n) is 3.05. The van der Waals surface area contributed by atoms with Crippen molar-refractivity contribution >= 4 is 12.0 Å². The minimum absolute atomic E-state index is 0.211. The molecule has 5 heteroatoms. The summed E-state index contributed by atoms with van der Waals surface area (Å²) >= 11 is 0. The third-order valence-corrected chi connectivity index (χ3v) is 3.05. The number of carboxylic acid groups (broad SMARTS) is 1. The highest BCUT2D eigenvalue weighted by atomic mass is 16.5. The number of aliphatic carboxylic acids is 1. The van der Waals surface area contributed by atoms with Crippen LogP contribution in [-0.4, -0.2) is 53.9 Å². The largest absolute Gasteiger partial charge is 0.492 e. The summed E-state index contributed by atoms with van der Waals surface area (Å²) in [5, 5.41) is 17.4. The van der Waals surface area contributed by atoms with Crippen LogP contribution in [0.15, 0.2) is 30.3 Å². The number of likely N-dealkylation sites (N-methyl/N-ethyl adjacent to an activating group) is 1. The number of aliphatic hydroxyl groups excluding tert-OH is 1. The molecule has 1 aromatic carbocycles. The van der Waals surface area contributed by atoms with E-state index in [9.17, 15) is 4.79 Å². The maximum absolute atomic E-state index is 10.4. The predicted octanol–water partition coefficient (Wildman–Crippen LogP) is 1.87. The molecule has 0 saturated heterocycles. The van der Waals surface area contributed by atoms with Gasteiger partial charge >= 0.3 is 5.97 Å². The molecule has 0 aliphatic heterocycles. The first-order chi connectivity index (χ1) is 10.2. The Kier molecular flexibility index (Phi) is 8.16. The van der Waals surface area contributed by atoms with Gasteiger partial charge in [0.15, 0.2) is 0 Å². The van der Waals surface area contributed by atoms with Gasteiger partial charge in [0, 0.05) is 25.8 Å². The fraction of sp³-hybridized carbons (Fsp3) is 0.438. The van der Waals surface area contributed by atoms with Gasteiger partial charge < -0.3 is 19.8 Å². The topological polar surface area (TPSA) is 70.0 Å². The summed E-state index contributed by atoms with van der Waals surface area (Å²) in [4.78, 5) is 12.6. The van der Waals surface area contributed by atoms with Gasteiger partial charge in [0.25, 0.3) is 0 Å². The van der Waals surface area contributed by atoms with Crippen molar-refractivity contribution in [1.29, 1.82) is 0 Å². The number of hydrogen-bond donors (Lipinski definition) is 2. The van der Waals surface area contributed by atoms with Crippen molar-refractivity contribution in [1.82, 2.24) is 4.90 Å². The Morgan fingerprint density at radius 3 is 2.57 bits per heavy atom. The minimum atomic E-state index is -0.960. The number of benzene rings is 1. The number of aliphatic hydroxyl groups is 1. The maximum atomic E-state index is 10.4. The average molecular weight is 293 g/mol. The Morgan fingerprint density at radius 1 is 1.29 bits per heavy atom. The molecule has 0 fully saturated rings. The van der Waals surface area contributed by atoms with Crippen LogP contribution in [-0.2, 0) is 4.79 Å². The van der Waals surface area contributed by atoms with Crippen LogP contribution in [0.4, 0.5) is 0 Å². The monoisotopic (exact) mass is 293 g/mol. The molecule has 0 bridgehead atoms. The van der Waals surface area contributed by atoms with E-state index >= 15 is 0 Å². The zero-order chi connectivity index (χ0) is 15.5. The van der Waals surface area contributed by atoms with Crippen LogP contribution in [0.5, 0.6) is 5.75 Å². The molecule has 0 heterocycles. The first kappa shape index (κ1) is 17.2. The number of carboxylic acids is 1. The molecule has 0 unspecified atom stereocenters. The van der Waals surface area contributed by atoms with E-state index in [-0.39, 0.29) is 6.61 Å². The molecular formula is C16H23NO4. The first-order valence-electron chi connectivity index (χ1n) is 7.12. The van der Waals surface area contributed by atoms with E-state index < -0.39 is 5.97 Å². The Balaban J connectivity index is 2.36. The number of ether oxygens (including phenoxy) is 1. The molecule has 2 N–H and O–H groups in total. The summed E-state index contributed by atoms with van der Waals surface area (Å²) in [5.41, 5.74) is 0.822. The minimum Gasteiger partial charge on any atom is -0.492 e. The molecule has 0 radical (unpaired) electrons. The summed E-state index contributed by atoms with van der Waals surface area (Å²) in [7, 11) is 0. The highest BCUT2D eigenvalue weighted by Crippen LogP contribution is 2.13. The molecule has 1 aromatic rings. The molecule has 0 saturated carbocycles. The van der Waals surface area contributed by atoms with Crippen molar-refractivity contribution < 1.29 is 19.7 Å². The van der Waals surface area contributed by atoms with E-state index in [1.54, 1.807) is 6.08 Å². The van der Waals surface area contributed by atoms with Gasteiger partial charge in [0.1, 0.15) is 12.4 Å². The fourth-order valence-electron chi connectivity index (χ4n) is 1.86. The van der Waals surface area contributed by atoms with Gasteiger partial charge in [-0.1, -0.05) is 19.1 Å². The SMILES string of the molecule is CCN(CCCO)CCOc1ccc(/C=C/C(=O)O)cc1. The zero-order valence-electron chi connectivity index (χ0n) is 12.4. The van der Waals surface area contributed by atoms with Crippen LogP contribution in [0.25, 0.3) is 6.08 Å². The highest BCUT2D eigenvalue weighted by molar-refractivity contribution is 5.85. The van der Waals surface area contributed by atoms with Gasteiger partial charge in [0.2, 0.25) is 0 Å². The van der Waals surface area contributed by atoms with Gasteiger partial charge in [-0.15, -0.1) is 0 Å². The molecule has 0 aromatic heterocycles. The van der Waals surface area contributed by atoms with Crippen LogP contribution in [0.2, 0.25) is 0 Å². The molecule has 0 aliphatic rings. The second-order valence-corrected chi connectivity index (χ2v) is 4.60. The normalized spacial score (nSPS) is 11.2. The standard InChI is InChI=1S/C16H23NO4/c1-2-17(10-3-12-18)11-13-21-15-7-4-14(5-8-15)6-9-16(19)20/h4-9,18H,2-3,10-13H2,1H3,(H,19,20)/b9-6+. The van der Waals surface area contributed by atoms with Crippen LogP contribution >= 0.6 is 0 Å². The van der Waals surface area contributed by atoms with E-state index in [4.69, 9.17) is 14.9 Å². The highest BCUT2D eigenvalue weighted by Gasteiger charge is 2.02. The second kappa shape index (κ2) is 9.96. The molecule has 21 heavy (non-hydrogen) atoms. The van der Waals surface area contributed by atoms with Crippen molar-refractivity contribution in [2.24, 2.45) is 0 Å². The molecule has 5 nitrogen and oxygen atoms in total. The van der Waals surface area contributed by atoms with E-state index in [0.717, 1.165) is 43.4 Å². The Hall–Kier alpha value is -1.85. The van der Waals surface area contributed by atoms with Gasteiger partial charge in [-0.2, -0.15) is 0 Å². The van der Waals surface area contributed by atoms with Crippen molar-refractivity contribution in [3.8, 4) is 5.75 Å². The summed E-state index contributed by atoms with van der Waals surface area (Å²) in [6.45, 7) is 5.50. The van der Waals surface area contributed by atoms with Crippen molar-refractivity contribution in [2.75, 3.05) is 32.8 Å². The van der Waals surface area contributed by atoms with Crippen LogP contribution in [0.1, 0.15) is 18.9 Å². The summed E-state index contributed by atoms with van der Waals surface area (Å²) in [5.74, 6) is -0.196. The molecule has 0 amide bonds. The molecule has 0 atom stereocenters. The second-order valence-electron chi connectivity index (χ2n) is 4.60. The lowest BCUT2D eigenvalue weighted by molar-refractivity contribution is -0.131. The van der Waals surface area contributed by atoms with Gasteiger partial charge in [0.05, 0.1) is 0 Å². The Bertz CT molecular complexity index is 442. The Morgan fingerprint density at radius 2 is 2.00 bits per heavy atom. The molecule has 1 rings (SSSR count). The number of carbonyl (C=O) groups is 1. The van der Waals surface area contributed by atoms with E-state index in [0.29, 0.717) is 6.61 Å². The molecule has 0 aliphatic carbocycles. The number of hydrogen-bond acceptors (Lipinski definition) is 4. The lowest BCUT2D eigenvalue weighted by atomic mass is 10.2. The summed E-state index contributed by atoms with van der Waals surface area (Å²) in [6.07, 6.45) is 3.43. The molecular weight excluding hydrogens is 270 g/mol. The first-order valence-corrected chi connectivity index (χ1v) is 7.12. The lowest BCUT2D eigenvalue weighted by Crippen LogP contribution is -2.29. The van der Waals surface area contributed by atoms with Crippen LogP contribution in [0, 0.1) is 0 Å². The number of rotatable bonds is 10. The zero-order valence-corrected chi connectivity index (χ0v) is 12.4. The molecule has 116 valence electrons. The lowest BCUT2D eigenvalue weighted by Gasteiger charge is -2.19. The maximum Gasteiger partial charge on any atom is 0.328 e. The van der Waals surface area contributed by atoms with Crippen molar-refractivity contribution in [3.63, 3.8) is 0 Å². The van der Waals surface area contributed by atoms with Crippen molar-refractivity contribution in [3.05, 3.63) is 35.9 Å². The summed E-state index contributed by atoms with van der Waals surface area (Å²) < 4.78 is 5.65. The van der Waals surface area contributed by atoms with Gasteiger partial charge in [-0.3, -0.25) is 0 Å². The van der Waals surface area contributed by atoms with E-state index in [1.165, 1.54) is 0 Å². The summed E-state index contributed by atoms with van der Waals surface area (Å²) in [6, 6.07) is 7.29. The Labute approximate surface area is 125 Å². The average Bonchev–Trinajstić information content (AvgIpc) is 2.49. The van der Waals surface area contributed by atoms with Gasteiger partial charge in [-0.25, -0.2) is 4.79 Å². The number of nitrogens with zero attached hydrogens (tertiary/aromatic N) is 1. The van der Waals surface area contributed by atoms with Crippen LogP contribution in [0.3, 0.4) is 0 Å². The van der Waals surface area contributed by atoms with E-state index in [2.05, 4.69) is 11.8 Å². The van der Waals surface area contributed by atoms with E-state index in [1.807, 2.05) is 24.3 Å². The van der Waals surface area contributed by atoms with Crippen molar-refractivity contribution in [2.45, 2.75) is 13.3 Å².